The van der Waals surface area contributed by atoms with E-state index < -0.39 is 0 Å². The van der Waals surface area contributed by atoms with Gasteiger partial charge in [0.15, 0.2) is 0 Å². The van der Waals surface area contributed by atoms with Gasteiger partial charge >= 0.3 is 0 Å². The van der Waals surface area contributed by atoms with Crippen molar-refractivity contribution in [2.24, 2.45) is 5.73 Å². The molecular formula is C11H11BrClN3. The number of halogens is 2. The van der Waals surface area contributed by atoms with Crippen LogP contribution in [0.2, 0.25) is 5.02 Å². The zero-order valence-electron chi connectivity index (χ0n) is 8.69. The normalized spacial score (nSPS) is 12.8. The molecule has 84 valence electrons. The lowest BCUT2D eigenvalue weighted by molar-refractivity contribution is 0.752. The first-order valence-electron chi connectivity index (χ1n) is 4.83. The van der Waals surface area contributed by atoms with Crippen LogP contribution >= 0.6 is 27.5 Å². The standard InChI is InChI=1S/C11H11BrClN3/c1-7(14)11-5-15-6-16(11)8-2-3-10(13)9(12)4-8/h2-7H,14H2,1H3/t7-/m1/s1. The molecule has 2 rings (SSSR count). The minimum atomic E-state index is -0.0584. The van der Waals surface area contributed by atoms with Gasteiger partial charge in [0, 0.05) is 16.2 Å². The zero-order valence-corrected chi connectivity index (χ0v) is 11.0. The van der Waals surface area contributed by atoms with Gasteiger partial charge in [-0.2, -0.15) is 0 Å². The van der Waals surface area contributed by atoms with Gasteiger partial charge in [-0.25, -0.2) is 4.98 Å². The Balaban J connectivity index is 2.50. The molecule has 0 unspecified atom stereocenters. The van der Waals surface area contributed by atoms with E-state index in [1.165, 1.54) is 0 Å². The highest BCUT2D eigenvalue weighted by Gasteiger charge is 2.09. The fourth-order valence-corrected chi connectivity index (χ4v) is 1.98. The maximum atomic E-state index is 5.95. The van der Waals surface area contributed by atoms with Crippen molar-refractivity contribution in [3.05, 3.63) is 45.9 Å². The summed E-state index contributed by atoms with van der Waals surface area (Å²) in [5.41, 5.74) is 7.82. The summed E-state index contributed by atoms with van der Waals surface area (Å²) >= 11 is 9.34. The quantitative estimate of drug-likeness (QED) is 0.924. The maximum absolute atomic E-state index is 5.95. The number of rotatable bonds is 2. The fraction of sp³-hybridized carbons (Fsp3) is 0.182. The molecule has 0 fully saturated rings. The monoisotopic (exact) mass is 299 g/mol. The van der Waals surface area contributed by atoms with E-state index in [0.717, 1.165) is 15.9 Å². The molecule has 2 aromatic rings. The van der Waals surface area contributed by atoms with Crippen LogP contribution in [0.15, 0.2) is 35.2 Å². The molecule has 0 saturated carbocycles. The smallest absolute Gasteiger partial charge is 0.0994 e. The van der Waals surface area contributed by atoms with Gasteiger partial charge in [-0.1, -0.05) is 11.6 Å². The Kier molecular flexibility index (Phi) is 3.33. The van der Waals surface area contributed by atoms with Crippen LogP contribution in [-0.2, 0) is 0 Å². The van der Waals surface area contributed by atoms with Crippen molar-refractivity contribution >= 4 is 27.5 Å². The SMILES string of the molecule is C[C@@H](N)c1cncn1-c1ccc(Cl)c(Br)c1. The molecule has 2 N–H and O–H groups in total. The summed E-state index contributed by atoms with van der Waals surface area (Å²) in [4.78, 5) is 4.11. The number of benzene rings is 1. The molecule has 3 nitrogen and oxygen atoms in total. The number of nitrogens with zero attached hydrogens (tertiary/aromatic N) is 2. The van der Waals surface area contributed by atoms with Crippen molar-refractivity contribution < 1.29 is 0 Å². The number of hydrogen-bond donors (Lipinski definition) is 1. The summed E-state index contributed by atoms with van der Waals surface area (Å²) < 4.78 is 2.81. The molecule has 0 aliphatic heterocycles. The summed E-state index contributed by atoms with van der Waals surface area (Å²) in [6.45, 7) is 1.93. The van der Waals surface area contributed by atoms with Crippen LogP contribution in [0, 0.1) is 0 Å². The number of hydrogen-bond acceptors (Lipinski definition) is 2. The second-order valence-electron chi connectivity index (χ2n) is 3.58. The van der Waals surface area contributed by atoms with Crippen molar-refractivity contribution in [1.82, 2.24) is 9.55 Å². The van der Waals surface area contributed by atoms with Crippen LogP contribution in [0.4, 0.5) is 0 Å². The third-order valence-corrected chi connectivity index (χ3v) is 3.53. The Morgan fingerprint density at radius 1 is 1.50 bits per heavy atom. The Morgan fingerprint density at radius 3 is 2.88 bits per heavy atom. The molecule has 16 heavy (non-hydrogen) atoms. The van der Waals surface area contributed by atoms with E-state index in [0.29, 0.717) is 5.02 Å². The molecule has 5 heteroatoms. The molecule has 0 bridgehead atoms. The van der Waals surface area contributed by atoms with Gasteiger partial charge in [0.1, 0.15) is 0 Å². The minimum absolute atomic E-state index is 0.0584. The van der Waals surface area contributed by atoms with Crippen LogP contribution in [0.3, 0.4) is 0 Å². The molecule has 1 heterocycles. The number of aromatic nitrogens is 2. The van der Waals surface area contributed by atoms with Crippen LogP contribution in [-0.4, -0.2) is 9.55 Å². The zero-order chi connectivity index (χ0) is 11.7. The van der Waals surface area contributed by atoms with E-state index in [4.69, 9.17) is 17.3 Å². The number of nitrogens with two attached hydrogens (primary N) is 1. The van der Waals surface area contributed by atoms with E-state index in [2.05, 4.69) is 20.9 Å². The first-order chi connectivity index (χ1) is 7.59. The van der Waals surface area contributed by atoms with Crippen molar-refractivity contribution in [3.8, 4) is 5.69 Å². The highest BCUT2D eigenvalue weighted by atomic mass is 79.9. The van der Waals surface area contributed by atoms with Gasteiger partial charge in [-0.05, 0) is 41.1 Å². The summed E-state index contributed by atoms with van der Waals surface area (Å²) in [6, 6.07) is 5.65. The topological polar surface area (TPSA) is 43.8 Å². The van der Waals surface area contributed by atoms with Gasteiger partial charge < -0.3 is 10.3 Å². The molecule has 0 radical (unpaired) electrons. The highest BCUT2D eigenvalue weighted by Crippen LogP contribution is 2.26. The van der Waals surface area contributed by atoms with Crippen LogP contribution in [0.1, 0.15) is 18.7 Å². The Morgan fingerprint density at radius 2 is 2.25 bits per heavy atom. The number of imidazole rings is 1. The van der Waals surface area contributed by atoms with E-state index in [1.54, 1.807) is 12.5 Å². The van der Waals surface area contributed by atoms with E-state index in [9.17, 15) is 0 Å². The van der Waals surface area contributed by atoms with E-state index >= 15 is 0 Å². The summed E-state index contributed by atoms with van der Waals surface area (Å²) in [6.07, 6.45) is 3.52. The second kappa shape index (κ2) is 4.57. The first-order valence-corrected chi connectivity index (χ1v) is 6.00. The molecule has 1 aromatic heterocycles. The van der Waals surface area contributed by atoms with Gasteiger partial charge in [0.25, 0.3) is 0 Å². The van der Waals surface area contributed by atoms with Gasteiger partial charge in [0.05, 0.1) is 23.2 Å². The van der Waals surface area contributed by atoms with Crippen molar-refractivity contribution in [2.45, 2.75) is 13.0 Å². The van der Waals surface area contributed by atoms with Gasteiger partial charge in [-0.3, -0.25) is 0 Å². The average molecular weight is 301 g/mol. The van der Waals surface area contributed by atoms with Crippen molar-refractivity contribution in [2.75, 3.05) is 0 Å². The van der Waals surface area contributed by atoms with Crippen LogP contribution in [0.25, 0.3) is 5.69 Å². The van der Waals surface area contributed by atoms with Crippen LogP contribution in [0.5, 0.6) is 0 Å². The van der Waals surface area contributed by atoms with E-state index in [1.807, 2.05) is 29.7 Å². The molecule has 0 aliphatic carbocycles. The predicted octanol–water partition coefficient (Wildman–Crippen LogP) is 3.31. The van der Waals surface area contributed by atoms with Crippen LogP contribution < -0.4 is 5.73 Å². The van der Waals surface area contributed by atoms with Gasteiger partial charge in [-0.15, -0.1) is 0 Å². The maximum Gasteiger partial charge on any atom is 0.0994 e. The molecule has 1 aromatic carbocycles. The molecule has 0 spiro atoms. The highest BCUT2D eigenvalue weighted by molar-refractivity contribution is 9.10. The Bertz CT molecular complexity index is 508. The van der Waals surface area contributed by atoms with Gasteiger partial charge in [0.2, 0.25) is 0 Å². The minimum Gasteiger partial charge on any atom is -0.323 e. The fourth-order valence-electron chi connectivity index (χ4n) is 1.49. The van der Waals surface area contributed by atoms with Crippen molar-refractivity contribution in [1.29, 1.82) is 0 Å². The lowest BCUT2D eigenvalue weighted by atomic mass is 10.2. The summed E-state index contributed by atoms with van der Waals surface area (Å²) in [5, 5.41) is 0.686. The predicted molar refractivity (Wildman–Crippen MR) is 68.9 cm³/mol. The van der Waals surface area contributed by atoms with Crippen molar-refractivity contribution in [3.63, 3.8) is 0 Å². The molecule has 1 atom stereocenters. The summed E-state index contributed by atoms with van der Waals surface area (Å²) in [7, 11) is 0. The first kappa shape index (κ1) is 11.6. The Hall–Kier alpha value is -0.840. The molecule has 0 saturated heterocycles. The molecule has 0 amide bonds. The van der Waals surface area contributed by atoms with E-state index in [-0.39, 0.29) is 6.04 Å². The molecular weight excluding hydrogens is 289 g/mol. The second-order valence-corrected chi connectivity index (χ2v) is 4.84. The third kappa shape index (κ3) is 2.14. The lowest BCUT2D eigenvalue weighted by Crippen LogP contribution is -2.10. The lowest BCUT2D eigenvalue weighted by Gasteiger charge is -2.11. The molecule has 0 aliphatic rings. The third-order valence-electron chi connectivity index (χ3n) is 2.31. The largest absolute Gasteiger partial charge is 0.323 e. The Labute approximate surface area is 107 Å². The summed E-state index contributed by atoms with van der Waals surface area (Å²) in [5.74, 6) is 0. The average Bonchev–Trinajstić information content (AvgIpc) is 2.71.